The standard InChI is InChI=1S/C17H17Cl2NO2/c1-12(15-9-8-14(18)10-16(15)19)22-11-17(20-21-2)13-6-4-3-5-7-13/h3-10,12H,11H2,1-2H3. The van der Waals surface area contributed by atoms with E-state index in [1.54, 1.807) is 12.1 Å². The predicted octanol–water partition coefficient (Wildman–Crippen LogP) is 5.12. The fourth-order valence-electron chi connectivity index (χ4n) is 2.03. The largest absolute Gasteiger partial charge is 0.399 e. The monoisotopic (exact) mass is 337 g/mol. The summed E-state index contributed by atoms with van der Waals surface area (Å²) in [6, 6.07) is 15.1. The van der Waals surface area contributed by atoms with Crippen LogP contribution >= 0.6 is 23.2 Å². The zero-order valence-corrected chi connectivity index (χ0v) is 13.9. The normalized spacial score (nSPS) is 13.0. The molecule has 0 aromatic heterocycles. The van der Waals surface area contributed by atoms with Gasteiger partial charge in [0.15, 0.2) is 0 Å². The zero-order chi connectivity index (χ0) is 15.9. The highest BCUT2D eigenvalue weighted by atomic mass is 35.5. The number of nitrogens with zero attached hydrogens (tertiary/aromatic N) is 1. The van der Waals surface area contributed by atoms with Gasteiger partial charge < -0.3 is 9.57 Å². The summed E-state index contributed by atoms with van der Waals surface area (Å²) in [7, 11) is 1.52. The van der Waals surface area contributed by atoms with Crippen molar-refractivity contribution in [3.05, 3.63) is 69.7 Å². The van der Waals surface area contributed by atoms with Gasteiger partial charge in [-0.3, -0.25) is 0 Å². The van der Waals surface area contributed by atoms with E-state index in [1.807, 2.05) is 43.3 Å². The van der Waals surface area contributed by atoms with Crippen molar-refractivity contribution in [3.8, 4) is 0 Å². The molecular weight excluding hydrogens is 321 g/mol. The smallest absolute Gasteiger partial charge is 0.113 e. The van der Waals surface area contributed by atoms with Gasteiger partial charge in [-0.2, -0.15) is 0 Å². The number of rotatable bonds is 6. The summed E-state index contributed by atoms with van der Waals surface area (Å²) in [4.78, 5) is 4.90. The quantitative estimate of drug-likeness (QED) is 0.540. The molecule has 0 aliphatic rings. The van der Waals surface area contributed by atoms with Gasteiger partial charge in [-0.15, -0.1) is 0 Å². The molecule has 2 rings (SSSR count). The van der Waals surface area contributed by atoms with E-state index in [1.165, 1.54) is 7.11 Å². The first-order valence-electron chi connectivity index (χ1n) is 6.84. The molecular formula is C17H17Cl2NO2. The molecule has 0 aliphatic carbocycles. The van der Waals surface area contributed by atoms with E-state index >= 15 is 0 Å². The van der Waals surface area contributed by atoms with Gasteiger partial charge in [0.2, 0.25) is 0 Å². The number of halogens is 2. The molecule has 22 heavy (non-hydrogen) atoms. The Hall–Kier alpha value is -1.55. The van der Waals surface area contributed by atoms with Crippen LogP contribution in [-0.2, 0) is 9.57 Å². The molecule has 0 saturated heterocycles. The fraction of sp³-hybridized carbons (Fsp3) is 0.235. The SMILES string of the molecule is CON=C(COC(C)c1ccc(Cl)cc1Cl)c1ccccc1. The van der Waals surface area contributed by atoms with Crippen LogP contribution in [0.3, 0.4) is 0 Å². The first kappa shape index (κ1) is 16.8. The van der Waals surface area contributed by atoms with Crippen LogP contribution in [0.5, 0.6) is 0 Å². The van der Waals surface area contributed by atoms with Crippen molar-refractivity contribution in [3.63, 3.8) is 0 Å². The van der Waals surface area contributed by atoms with Gasteiger partial charge in [0.05, 0.1) is 12.7 Å². The highest BCUT2D eigenvalue weighted by molar-refractivity contribution is 6.35. The van der Waals surface area contributed by atoms with Gasteiger partial charge in [0.1, 0.15) is 12.8 Å². The van der Waals surface area contributed by atoms with E-state index in [-0.39, 0.29) is 6.10 Å². The van der Waals surface area contributed by atoms with Gasteiger partial charge in [0, 0.05) is 15.6 Å². The van der Waals surface area contributed by atoms with Gasteiger partial charge in [-0.05, 0) is 24.6 Å². The second kappa shape index (κ2) is 8.18. The molecule has 1 atom stereocenters. The van der Waals surface area contributed by atoms with Crippen molar-refractivity contribution in [1.29, 1.82) is 0 Å². The van der Waals surface area contributed by atoms with E-state index in [9.17, 15) is 0 Å². The van der Waals surface area contributed by atoms with Crippen molar-refractivity contribution < 1.29 is 9.57 Å². The molecule has 116 valence electrons. The van der Waals surface area contributed by atoms with Crippen molar-refractivity contribution in [2.45, 2.75) is 13.0 Å². The second-order valence-electron chi connectivity index (χ2n) is 4.71. The molecule has 0 fully saturated rings. The Labute approximate surface area is 140 Å². The number of benzene rings is 2. The lowest BCUT2D eigenvalue weighted by Gasteiger charge is -2.16. The molecule has 2 aromatic rings. The molecule has 0 saturated carbocycles. The summed E-state index contributed by atoms with van der Waals surface area (Å²) in [5, 5.41) is 5.23. The number of oxime groups is 1. The van der Waals surface area contributed by atoms with Gasteiger partial charge in [-0.25, -0.2) is 0 Å². The molecule has 2 aromatic carbocycles. The topological polar surface area (TPSA) is 30.8 Å². The maximum absolute atomic E-state index is 6.20. The number of ether oxygens (including phenoxy) is 1. The first-order valence-corrected chi connectivity index (χ1v) is 7.59. The molecule has 0 radical (unpaired) electrons. The number of hydrogen-bond donors (Lipinski definition) is 0. The molecule has 0 N–H and O–H groups in total. The van der Waals surface area contributed by atoms with E-state index in [0.717, 1.165) is 16.8 Å². The third-order valence-corrected chi connectivity index (χ3v) is 3.74. The molecule has 0 aliphatic heterocycles. The highest BCUT2D eigenvalue weighted by Crippen LogP contribution is 2.28. The third-order valence-electron chi connectivity index (χ3n) is 3.18. The Morgan fingerprint density at radius 3 is 2.50 bits per heavy atom. The Bertz CT molecular complexity index is 644. The van der Waals surface area contributed by atoms with Crippen LogP contribution in [0.4, 0.5) is 0 Å². The molecule has 0 bridgehead atoms. The maximum Gasteiger partial charge on any atom is 0.113 e. The lowest BCUT2D eigenvalue weighted by Crippen LogP contribution is -2.13. The van der Waals surface area contributed by atoms with Crippen LogP contribution in [-0.4, -0.2) is 19.4 Å². The lowest BCUT2D eigenvalue weighted by molar-refractivity contribution is 0.0940. The van der Waals surface area contributed by atoms with Crippen molar-refractivity contribution >= 4 is 28.9 Å². The highest BCUT2D eigenvalue weighted by Gasteiger charge is 2.13. The Kier molecular flexibility index (Phi) is 6.25. The maximum atomic E-state index is 6.20. The van der Waals surface area contributed by atoms with Crippen LogP contribution in [0.2, 0.25) is 10.0 Å². The summed E-state index contributed by atoms with van der Waals surface area (Å²) in [5.41, 5.74) is 2.56. The number of hydrogen-bond acceptors (Lipinski definition) is 3. The predicted molar refractivity (Wildman–Crippen MR) is 90.8 cm³/mol. The fourth-order valence-corrected chi connectivity index (χ4v) is 2.59. The minimum atomic E-state index is -0.185. The molecule has 0 spiro atoms. The minimum absolute atomic E-state index is 0.185. The van der Waals surface area contributed by atoms with E-state index < -0.39 is 0 Å². The average Bonchev–Trinajstić information content (AvgIpc) is 2.52. The van der Waals surface area contributed by atoms with Crippen LogP contribution in [0.25, 0.3) is 0 Å². The van der Waals surface area contributed by atoms with E-state index in [4.69, 9.17) is 32.8 Å². The van der Waals surface area contributed by atoms with Crippen LogP contribution < -0.4 is 0 Å². The van der Waals surface area contributed by atoms with Crippen molar-refractivity contribution in [2.75, 3.05) is 13.7 Å². The summed E-state index contributed by atoms with van der Waals surface area (Å²) >= 11 is 12.1. The van der Waals surface area contributed by atoms with Crippen LogP contribution in [0.1, 0.15) is 24.2 Å². The summed E-state index contributed by atoms with van der Waals surface area (Å²) in [6.45, 7) is 2.25. The second-order valence-corrected chi connectivity index (χ2v) is 5.55. The Balaban J connectivity index is 2.08. The summed E-state index contributed by atoms with van der Waals surface area (Å²) in [5.74, 6) is 0. The molecule has 3 nitrogen and oxygen atoms in total. The van der Waals surface area contributed by atoms with E-state index in [2.05, 4.69) is 5.16 Å². The third kappa shape index (κ3) is 4.47. The minimum Gasteiger partial charge on any atom is -0.399 e. The van der Waals surface area contributed by atoms with Crippen molar-refractivity contribution in [2.24, 2.45) is 5.16 Å². The van der Waals surface area contributed by atoms with Gasteiger partial charge >= 0.3 is 0 Å². The van der Waals surface area contributed by atoms with E-state index in [0.29, 0.717) is 16.7 Å². The first-order chi connectivity index (χ1) is 10.6. The van der Waals surface area contributed by atoms with Crippen molar-refractivity contribution in [1.82, 2.24) is 0 Å². The lowest BCUT2D eigenvalue weighted by atomic mass is 10.1. The van der Waals surface area contributed by atoms with Gasteiger partial charge in [0.25, 0.3) is 0 Å². The Morgan fingerprint density at radius 2 is 1.86 bits per heavy atom. The summed E-state index contributed by atoms with van der Waals surface area (Å²) < 4.78 is 5.88. The molecule has 5 heteroatoms. The molecule has 0 amide bonds. The Morgan fingerprint density at radius 1 is 1.14 bits per heavy atom. The summed E-state index contributed by atoms with van der Waals surface area (Å²) in [6.07, 6.45) is -0.185. The molecule has 1 unspecified atom stereocenters. The average molecular weight is 338 g/mol. The van der Waals surface area contributed by atoms with Crippen LogP contribution in [0, 0.1) is 0 Å². The molecule has 0 heterocycles. The van der Waals surface area contributed by atoms with Gasteiger partial charge in [-0.1, -0.05) is 64.8 Å². The van der Waals surface area contributed by atoms with Crippen LogP contribution in [0.15, 0.2) is 53.7 Å². The zero-order valence-electron chi connectivity index (χ0n) is 12.4.